The number of ether oxygens (including phenoxy) is 1. The largest absolute Gasteiger partial charge is 0.477 e. The molecule has 1 atom stereocenters. The molecule has 4 aromatic rings. The minimum absolute atomic E-state index is 0.0715. The summed E-state index contributed by atoms with van der Waals surface area (Å²) in [5.41, 5.74) is 2.76. The summed E-state index contributed by atoms with van der Waals surface area (Å²) in [7, 11) is -2.21. The number of benzene rings is 4. The second-order valence-electron chi connectivity index (χ2n) is 9.41. The molecule has 0 saturated heterocycles. The van der Waals surface area contributed by atoms with Gasteiger partial charge in [0.25, 0.3) is 15.9 Å². The third kappa shape index (κ3) is 5.84. The zero-order valence-corrected chi connectivity index (χ0v) is 22.8. The van der Waals surface area contributed by atoms with Gasteiger partial charge >= 0.3 is 0 Å². The average Bonchev–Trinajstić information content (AvgIpc) is 3.00. The van der Waals surface area contributed by atoms with Crippen LogP contribution in [0.25, 0.3) is 0 Å². The van der Waals surface area contributed by atoms with Gasteiger partial charge in [-0.25, -0.2) is 8.42 Å². The Hall–Kier alpha value is -4.63. The van der Waals surface area contributed by atoms with Gasteiger partial charge < -0.3 is 15.0 Å². The fourth-order valence-corrected chi connectivity index (χ4v) is 5.71. The van der Waals surface area contributed by atoms with Crippen LogP contribution in [0.1, 0.15) is 11.1 Å². The van der Waals surface area contributed by atoms with E-state index in [4.69, 9.17) is 4.74 Å². The van der Waals surface area contributed by atoms with Crippen molar-refractivity contribution in [2.45, 2.75) is 24.0 Å². The van der Waals surface area contributed by atoms with Crippen LogP contribution in [0.4, 0.5) is 11.4 Å². The molecule has 1 unspecified atom stereocenters. The van der Waals surface area contributed by atoms with E-state index in [1.807, 2.05) is 36.4 Å². The normalized spacial score (nSPS) is 14.5. The van der Waals surface area contributed by atoms with E-state index in [-0.39, 0.29) is 29.7 Å². The van der Waals surface area contributed by atoms with Gasteiger partial charge in [0.2, 0.25) is 5.91 Å². The molecule has 0 radical (unpaired) electrons. The number of para-hydroxylation sites is 2. The Kier molecular flexibility index (Phi) is 7.84. The monoisotopic (exact) mass is 555 g/mol. The zero-order valence-electron chi connectivity index (χ0n) is 21.9. The molecular formula is C31H29N3O5S. The summed E-state index contributed by atoms with van der Waals surface area (Å²) < 4.78 is 33.1. The van der Waals surface area contributed by atoms with Gasteiger partial charge in [-0.15, -0.1) is 0 Å². The Morgan fingerprint density at radius 2 is 1.48 bits per heavy atom. The molecule has 1 N–H and O–H groups in total. The summed E-state index contributed by atoms with van der Waals surface area (Å²) in [4.78, 5) is 28.2. The van der Waals surface area contributed by atoms with Crippen LogP contribution >= 0.6 is 0 Å². The number of carbonyl (C=O) groups is 2. The number of anilines is 2. The maximum Gasteiger partial charge on any atom is 0.264 e. The molecule has 0 fully saturated rings. The van der Waals surface area contributed by atoms with Gasteiger partial charge in [0.1, 0.15) is 5.75 Å². The van der Waals surface area contributed by atoms with Gasteiger partial charge in [-0.3, -0.25) is 13.9 Å². The highest BCUT2D eigenvalue weighted by Crippen LogP contribution is 2.34. The molecule has 1 aliphatic rings. The topological polar surface area (TPSA) is 96.0 Å². The van der Waals surface area contributed by atoms with Gasteiger partial charge in [0.15, 0.2) is 6.10 Å². The molecule has 2 amide bonds. The molecule has 9 heteroatoms. The fourth-order valence-electron chi connectivity index (χ4n) is 4.49. The summed E-state index contributed by atoms with van der Waals surface area (Å²) in [5, 5.41) is 2.89. The summed E-state index contributed by atoms with van der Waals surface area (Å²) >= 11 is 0. The summed E-state index contributed by atoms with van der Waals surface area (Å²) in [6.45, 7) is 0.433. The predicted molar refractivity (Wildman–Crippen MR) is 154 cm³/mol. The minimum atomic E-state index is -3.71. The fraction of sp³-hybridized carbons (Fsp3) is 0.161. The Morgan fingerprint density at radius 3 is 2.17 bits per heavy atom. The van der Waals surface area contributed by atoms with Gasteiger partial charge in [-0.1, -0.05) is 72.8 Å². The van der Waals surface area contributed by atoms with Gasteiger partial charge in [0.05, 0.1) is 29.2 Å². The number of fused-ring (bicyclic) bond motifs is 1. The lowest BCUT2D eigenvalue weighted by molar-refractivity contribution is -0.128. The minimum Gasteiger partial charge on any atom is -0.477 e. The average molecular weight is 556 g/mol. The first-order chi connectivity index (χ1) is 19.3. The first kappa shape index (κ1) is 27.0. The highest BCUT2D eigenvalue weighted by atomic mass is 32.2. The highest BCUT2D eigenvalue weighted by Gasteiger charge is 2.33. The molecule has 40 heavy (non-hydrogen) atoms. The van der Waals surface area contributed by atoms with Crippen molar-refractivity contribution in [3.8, 4) is 5.75 Å². The molecule has 1 heterocycles. The Bertz CT molecular complexity index is 1590. The van der Waals surface area contributed by atoms with Crippen LogP contribution < -0.4 is 19.3 Å². The van der Waals surface area contributed by atoms with E-state index in [9.17, 15) is 18.0 Å². The first-order valence-corrected chi connectivity index (χ1v) is 14.3. The number of hydrogen-bond acceptors (Lipinski definition) is 5. The molecule has 0 spiro atoms. The lowest BCUT2D eigenvalue weighted by atomic mass is 10.1. The standard InChI is InChI=1S/C31H29N3O5S/c1-33(40(37,38)26-12-6-3-7-13-26)25-18-16-23(17-19-25)20-30(35)34-22-29(39-28-15-9-8-14-27(28)34)31(36)32-21-24-10-4-2-5-11-24/h2-19,29H,20-22H2,1H3,(H,32,36). The predicted octanol–water partition coefficient (Wildman–Crippen LogP) is 4.16. The van der Waals surface area contributed by atoms with Crippen molar-refractivity contribution in [1.29, 1.82) is 0 Å². The lowest BCUT2D eigenvalue weighted by Crippen LogP contribution is -2.51. The van der Waals surface area contributed by atoms with Crippen LogP contribution in [-0.2, 0) is 32.6 Å². The number of rotatable bonds is 8. The molecule has 5 rings (SSSR count). The third-order valence-corrected chi connectivity index (χ3v) is 8.53. The number of sulfonamides is 1. The van der Waals surface area contributed by atoms with Crippen LogP contribution in [0, 0.1) is 0 Å². The van der Waals surface area contributed by atoms with Crippen molar-refractivity contribution in [3.63, 3.8) is 0 Å². The second kappa shape index (κ2) is 11.6. The Labute approximate surface area is 233 Å². The van der Waals surface area contributed by atoms with Gasteiger partial charge in [0, 0.05) is 13.6 Å². The number of nitrogens with one attached hydrogen (secondary N) is 1. The maximum atomic E-state index is 13.5. The lowest BCUT2D eigenvalue weighted by Gasteiger charge is -2.34. The Morgan fingerprint density at radius 1 is 0.850 bits per heavy atom. The molecule has 204 valence electrons. The molecule has 8 nitrogen and oxygen atoms in total. The van der Waals surface area contributed by atoms with Crippen molar-refractivity contribution in [2.24, 2.45) is 0 Å². The Balaban J connectivity index is 1.28. The summed E-state index contributed by atoms with van der Waals surface area (Å²) in [5.74, 6) is -0.0390. The molecule has 1 aliphatic heterocycles. The van der Waals surface area contributed by atoms with E-state index >= 15 is 0 Å². The van der Waals surface area contributed by atoms with E-state index < -0.39 is 16.1 Å². The quantitative estimate of drug-likeness (QED) is 0.352. The van der Waals surface area contributed by atoms with E-state index in [1.165, 1.54) is 11.4 Å². The smallest absolute Gasteiger partial charge is 0.264 e. The van der Waals surface area contributed by atoms with E-state index in [0.717, 1.165) is 5.56 Å². The third-order valence-electron chi connectivity index (χ3n) is 6.73. The second-order valence-corrected chi connectivity index (χ2v) is 11.4. The van der Waals surface area contributed by atoms with Gasteiger partial charge in [-0.05, 0) is 47.5 Å². The van der Waals surface area contributed by atoms with Crippen LogP contribution in [-0.4, -0.2) is 39.9 Å². The SMILES string of the molecule is CN(c1ccc(CC(=O)N2CC(C(=O)NCc3ccccc3)Oc3ccccc32)cc1)S(=O)(=O)c1ccccc1. The van der Waals surface area contributed by atoms with Crippen LogP contribution in [0.15, 0.2) is 114 Å². The molecule has 0 saturated carbocycles. The summed E-state index contributed by atoms with van der Waals surface area (Å²) in [6, 6.07) is 31.8. The van der Waals surface area contributed by atoms with Crippen LogP contribution in [0.5, 0.6) is 5.75 Å². The van der Waals surface area contributed by atoms with Crippen LogP contribution in [0.2, 0.25) is 0 Å². The number of hydrogen-bond donors (Lipinski definition) is 1. The maximum absolute atomic E-state index is 13.5. The van der Waals surface area contributed by atoms with Crippen molar-refractivity contribution >= 4 is 33.2 Å². The highest BCUT2D eigenvalue weighted by molar-refractivity contribution is 7.92. The molecule has 0 aliphatic carbocycles. The van der Waals surface area contributed by atoms with E-state index in [0.29, 0.717) is 29.2 Å². The molecule has 0 bridgehead atoms. The molecule has 4 aromatic carbocycles. The number of amides is 2. The summed E-state index contributed by atoms with van der Waals surface area (Å²) in [6.07, 6.45) is -0.788. The van der Waals surface area contributed by atoms with E-state index in [2.05, 4.69) is 5.32 Å². The van der Waals surface area contributed by atoms with Crippen LogP contribution in [0.3, 0.4) is 0 Å². The van der Waals surface area contributed by atoms with Crippen molar-refractivity contribution in [3.05, 3.63) is 120 Å². The first-order valence-electron chi connectivity index (χ1n) is 12.8. The van der Waals surface area contributed by atoms with Crippen molar-refractivity contribution < 1.29 is 22.7 Å². The number of carbonyl (C=O) groups excluding carboxylic acids is 2. The van der Waals surface area contributed by atoms with Gasteiger partial charge in [-0.2, -0.15) is 0 Å². The van der Waals surface area contributed by atoms with Crippen molar-refractivity contribution in [2.75, 3.05) is 22.8 Å². The molecule has 0 aromatic heterocycles. The van der Waals surface area contributed by atoms with Crippen molar-refractivity contribution in [1.82, 2.24) is 5.32 Å². The molecular weight excluding hydrogens is 526 g/mol. The zero-order chi connectivity index (χ0) is 28.1. The van der Waals surface area contributed by atoms with E-state index in [1.54, 1.807) is 77.7 Å². The number of nitrogens with zero attached hydrogens (tertiary/aromatic N) is 2.